The van der Waals surface area contributed by atoms with Crippen LogP contribution in [0.2, 0.25) is 0 Å². The van der Waals surface area contributed by atoms with Crippen molar-refractivity contribution in [2.24, 2.45) is 0 Å². The quantitative estimate of drug-likeness (QED) is 0.637. The van der Waals surface area contributed by atoms with E-state index in [4.69, 9.17) is 15.4 Å². The topological polar surface area (TPSA) is 43.4 Å². The minimum atomic E-state index is -3.45. The molecule has 0 aromatic heterocycles. The van der Waals surface area contributed by atoms with E-state index >= 15 is 0 Å². The van der Waals surface area contributed by atoms with E-state index < -0.39 is 19.9 Å². The number of ether oxygens (including phenoxy) is 1. The zero-order chi connectivity index (χ0) is 9.53. The van der Waals surface area contributed by atoms with Crippen molar-refractivity contribution < 1.29 is 13.2 Å². The molecule has 76 valence electrons. The Morgan fingerprint density at radius 1 is 1.31 bits per heavy atom. The van der Waals surface area contributed by atoms with E-state index in [1.807, 2.05) is 0 Å². The van der Waals surface area contributed by atoms with Gasteiger partial charge in [0.15, 0.2) is 0 Å². The minimum Gasteiger partial charge on any atom is -0.374 e. The van der Waals surface area contributed by atoms with Gasteiger partial charge in [0.2, 0.25) is 9.05 Å². The molecule has 0 bridgehead atoms. The summed E-state index contributed by atoms with van der Waals surface area (Å²) in [6, 6.07) is 0. The van der Waals surface area contributed by atoms with Crippen LogP contribution in [0, 0.1) is 0 Å². The van der Waals surface area contributed by atoms with Crippen LogP contribution < -0.4 is 0 Å². The molecule has 1 heterocycles. The average molecular weight is 225 g/mol. The summed E-state index contributed by atoms with van der Waals surface area (Å²) in [7, 11) is 1.95. The Labute approximate surface area is 82.8 Å². The van der Waals surface area contributed by atoms with Crippen molar-refractivity contribution in [3.05, 3.63) is 0 Å². The van der Waals surface area contributed by atoms with Crippen LogP contribution in [-0.4, -0.2) is 25.9 Å². The molecule has 2 aliphatic rings. The Kier molecular flexibility index (Phi) is 2.33. The first-order valence-electron chi connectivity index (χ1n) is 4.62. The van der Waals surface area contributed by atoms with E-state index in [9.17, 15) is 8.42 Å². The van der Waals surface area contributed by atoms with Gasteiger partial charge in [-0.25, -0.2) is 8.42 Å². The molecule has 1 saturated heterocycles. The maximum Gasteiger partial charge on any atom is 0.238 e. The highest BCUT2D eigenvalue weighted by molar-refractivity contribution is 8.14. The van der Waals surface area contributed by atoms with Gasteiger partial charge in [-0.05, 0) is 19.3 Å². The lowest BCUT2D eigenvalue weighted by atomic mass is 9.98. The van der Waals surface area contributed by atoms with Gasteiger partial charge in [0, 0.05) is 17.3 Å². The van der Waals surface area contributed by atoms with Crippen molar-refractivity contribution >= 4 is 19.7 Å². The van der Waals surface area contributed by atoms with Gasteiger partial charge in [0.1, 0.15) is 5.25 Å². The highest BCUT2D eigenvalue weighted by Crippen LogP contribution is 2.44. The second-order valence-corrected chi connectivity index (χ2v) is 6.68. The molecule has 2 rings (SSSR count). The van der Waals surface area contributed by atoms with Gasteiger partial charge in [-0.1, -0.05) is 12.8 Å². The first-order chi connectivity index (χ1) is 6.05. The summed E-state index contributed by atoms with van der Waals surface area (Å²) in [5.74, 6) is 0. The van der Waals surface area contributed by atoms with Crippen LogP contribution in [0.15, 0.2) is 0 Å². The molecule has 1 aliphatic carbocycles. The summed E-state index contributed by atoms with van der Waals surface area (Å²) in [5, 5.41) is -0.468. The van der Waals surface area contributed by atoms with Crippen LogP contribution in [0.1, 0.15) is 32.1 Å². The third kappa shape index (κ3) is 1.60. The van der Waals surface area contributed by atoms with Gasteiger partial charge in [-0.15, -0.1) is 0 Å². The average Bonchev–Trinajstić information content (AvgIpc) is 2.60. The molecule has 1 spiro atoms. The molecule has 13 heavy (non-hydrogen) atoms. The number of hydrogen-bond donors (Lipinski definition) is 0. The smallest absolute Gasteiger partial charge is 0.238 e. The van der Waals surface area contributed by atoms with E-state index in [-0.39, 0.29) is 0 Å². The lowest BCUT2D eigenvalue weighted by Gasteiger charge is -2.27. The number of hydrogen-bond acceptors (Lipinski definition) is 3. The van der Waals surface area contributed by atoms with Crippen molar-refractivity contribution in [1.29, 1.82) is 0 Å². The predicted octanol–water partition coefficient (Wildman–Crippen LogP) is 1.66. The fourth-order valence-corrected chi connectivity index (χ4v) is 4.51. The maximum atomic E-state index is 11.3. The summed E-state index contributed by atoms with van der Waals surface area (Å²) < 4.78 is 28.1. The van der Waals surface area contributed by atoms with Gasteiger partial charge < -0.3 is 4.74 Å². The standard InChI is InChI=1S/C8H13ClO3S/c9-13(10,11)7-3-6-12-8(7)4-1-2-5-8/h7H,1-6H2. The van der Waals surface area contributed by atoms with Crippen molar-refractivity contribution in [3.8, 4) is 0 Å². The highest BCUT2D eigenvalue weighted by atomic mass is 35.7. The van der Waals surface area contributed by atoms with Crippen LogP contribution in [0.3, 0.4) is 0 Å². The van der Waals surface area contributed by atoms with Gasteiger partial charge in [0.25, 0.3) is 0 Å². The van der Waals surface area contributed by atoms with Crippen molar-refractivity contribution in [2.75, 3.05) is 6.61 Å². The summed E-state index contributed by atoms with van der Waals surface area (Å²) in [4.78, 5) is 0. The van der Waals surface area contributed by atoms with E-state index in [0.717, 1.165) is 25.7 Å². The lowest BCUT2D eigenvalue weighted by Crippen LogP contribution is -2.39. The molecule has 0 N–H and O–H groups in total. The molecule has 0 amide bonds. The predicted molar refractivity (Wildman–Crippen MR) is 50.3 cm³/mol. The third-order valence-electron chi connectivity index (χ3n) is 3.15. The fourth-order valence-electron chi connectivity index (χ4n) is 2.56. The van der Waals surface area contributed by atoms with Crippen LogP contribution in [-0.2, 0) is 13.8 Å². The first-order valence-corrected chi connectivity index (χ1v) is 6.99. The molecule has 2 fully saturated rings. The van der Waals surface area contributed by atoms with Crippen LogP contribution in [0.5, 0.6) is 0 Å². The third-order valence-corrected chi connectivity index (χ3v) is 5.14. The number of rotatable bonds is 1. The molecule has 1 aliphatic heterocycles. The molecule has 3 nitrogen and oxygen atoms in total. The molecule has 1 unspecified atom stereocenters. The Hall–Kier alpha value is 0.200. The van der Waals surface area contributed by atoms with Gasteiger partial charge in [-0.3, -0.25) is 0 Å². The second kappa shape index (κ2) is 3.11. The fraction of sp³-hybridized carbons (Fsp3) is 1.00. The monoisotopic (exact) mass is 224 g/mol. The van der Waals surface area contributed by atoms with Crippen molar-refractivity contribution in [2.45, 2.75) is 43.0 Å². The summed E-state index contributed by atoms with van der Waals surface area (Å²) in [5.41, 5.74) is -0.430. The molecule has 0 aromatic rings. The second-order valence-electron chi connectivity index (χ2n) is 3.87. The Balaban J connectivity index is 2.28. The van der Waals surface area contributed by atoms with Gasteiger partial charge >= 0.3 is 0 Å². The van der Waals surface area contributed by atoms with Crippen molar-refractivity contribution in [1.82, 2.24) is 0 Å². The number of halogens is 1. The van der Waals surface area contributed by atoms with Crippen LogP contribution in [0.25, 0.3) is 0 Å². The van der Waals surface area contributed by atoms with E-state index in [1.54, 1.807) is 0 Å². The minimum absolute atomic E-state index is 0.430. The molecular weight excluding hydrogens is 212 g/mol. The lowest BCUT2D eigenvalue weighted by molar-refractivity contribution is 0.0125. The largest absolute Gasteiger partial charge is 0.374 e. The van der Waals surface area contributed by atoms with Crippen molar-refractivity contribution in [3.63, 3.8) is 0 Å². The zero-order valence-electron chi connectivity index (χ0n) is 7.33. The Bertz CT molecular complexity index is 287. The first kappa shape index (κ1) is 9.74. The maximum absolute atomic E-state index is 11.3. The zero-order valence-corrected chi connectivity index (χ0v) is 8.90. The Morgan fingerprint density at radius 2 is 1.92 bits per heavy atom. The summed E-state index contributed by atoms with van der Waals surface area (Å²) >= 11 is 0. The molecule has 0 radical (unpaired) electrons. The van der Waals surface area contributed by atoms with Gasteiger partial charge in [0.05, 0.1) is 5.60 Å². The van der Waals surface area contributed by atoms with Crippen LogP contribution >= 0.6 is 10.7 Å². The Morgan fingerprint density at radius 3 is 2.46 bits per heavy atom. The molecule has 0 aromatic carbocycles. The SMILES string of the molecule is O=S(=O)(Cl)C1CCOC12CCCC2. The summed E-state index contributed by atoms with van der Waals surface area (Å²) in [6.07, 6.45) is 4.38. The van der Waals surface area contributed by atoms with E-state index in [0.29, 0.717) is 13.0 Å². The summed E-state index contributed by atoms with van der Waals surface area (Å²) in [6.45, 7) is 0.538. The van der Waals surface area contributed by atoms with E-state index in [1.165, 1.54) is 0 Å². The molecule has 5 heteroatoms. The van der Waals surface area contributed by atoms with Crippen LogP contribution in [0.4, 0.5) is 0 Å². The molecule has 1 atom stereocenters. The molecular formula is C8H13ClO3S. The van der Waals surface area contributed by atoms with E-state index in [2.05, 4.69) is 0 Å². The normalized spacial score (nSPS) is 32.8. The highest BCUT2D eigenvalue weighted by Gasteiger charge is 2.51. The van der Waals surface area contributed by atoms with Gasteiger partial charge in [-0.2, -0.15) is 0 Å². The molecule has 1 saturated carbocycles.